The average Bonchev–Trinajstić information content (AvgIpc) is 3.09. The number of para-hydroxylation sites is 2. The third-order valence-corrected chi connectivity index (χ3v) is 5.31. The van der Waals surface area contributed by atoms with Crippen LogP contribution in [0.25, 0.3) is 17.1 Å². The predicted octanol–water partition coefficient (Wildman–Crippen LogP) is 4.79. The summed E-state index contributed by atoms with van der Waals surface area (Å²) in [4.78, 5) is 20.0. The molecule has 4 heteroatoms. The van der Waals surface area contributed by atoms with E-state index in [-0.39, 0.29) is 11.9 Å². The van der Waals surface area contributed by atoms with E-state index in [1.165, 1.54) is 0 Å². The van der Waals surface area contributed by atoms with Crippen LogP contribution in [0.1, 0.15) is 33.4 Å². The molecule has 28 heavy (non-hydrogen) atoms. The van der Waals surface area contributed by atoms with Gasteiger partial charge in [0.05, 0.1) is 11.0 Å². The molecule has 0 spiro atoms. The summed E-state index contributed by atoms with van der Waals surface area (Å²) in [5.74, 6) is 0.811. The van der Waals surface area contributed by atoms with E-state index in [0.29, 0.717) is 5.56 Å². The molecule has 3 aromatic carbocycles. The van der Waals surface area contributed by atoms with Crippen molar-refractivity contribution in [2.45, 2.75) is 6.04 Å². The molecule has 136 valence electrons. The van der Waals surface area contributed by atoms with Gasteiger partial charge < -0.3 is 9.47 Å². The molecule has 1 atom stereocenters. The molecule has 1 aliphatic rings. The van der Waals surface area contributed by atoms with Gasteiger partial charge in [-0.05, 0) is 41.5 Å². The van der Waals surface area contributed by atoms with Crippen molar-refractivity contribution in [2.75, 3.05) is 0 Å². The smallest absolute Gasteiger partial charge is 0.258 e. The number of fused-ring (bicyclic) bond motifs is 2. The van der Waals surface area contributed by atoms with E-state index in [1.54, 1.807) is 4.90 Å². The Bertz CT molecular complexity index is 1210. The summed E-state index contributed by atoms with van der Waals surface area (Å²) in [5, 5.41) is 0. The van der Waals surface area contributed by atoms with Gasteiger partial charge in [-0.15, -0.1) is 0 Å². The van der Waals surface area contributed by atoms with E-state index in [0.717, 1.165) is 28.0 Å². The lowest BCUT2D eigenvalue weighted by Crippen LogP contribution is -2.34. The SMILES string of the molecule is Cn1c(C2c3ccccc3C=CN2C(=O)c2ccccc2)nc2ccccc21. The van der Waals surface area contributed by atoms with Gasteiger partial charge in [0.1, 0.15) is 11.9 Å². The largest absolute Gasteiger partial charge is 0.329 e. The highest BCUT2D eigenvalue weighted by molar-refractivity contribution is 5.96. The minimum atomic E-state index is -0.286. The summed E-state index contributed by atoms with van der Waals surface area (Å²) in [7, 11) is 2.01. The van der Waals surface area contributed by atoms with Gasteiger partial charge in [-0.2, -0.15) is 0 Å². The first-order valence-electron chi connectivity index (χ1n) is 9.30. The van der Waals surface area contributed by atoms with Gasteiger partial charge in [0.15, 0.2) is 0 Å². The number of imidazole rings is 1. The molecule has 1 unspecified atom stereocenters. The molecule has 0 radical (unpaired) electrons. The molecule has 4 nitrogen and oxygen atoms in total. The van der Waals surface area contributed by atoms with Crippen LogP contribution in [-0.2, 0) is 7.05 Å². The van der Waals surface area contributed by atoms with Gasteiger partial charge in [0.2, 0.25) is 0 Å². The van der Waals surface area contributed by atoms with Crippen LogP contribution in [0.2, 0.25) is 0 Å². The quantitative estimate of drug-likeness (QED) is 0.512. The van der Waals surface area contributed by atoms with Crippen molar-refractivity contribution >= 4 is 23.0 Å². The Kier molecular flexibility index (Phi) is 3.83. The number of carbonyl (C=O) groups excluding carboxylic acids is 1. The Morgan fingerprint density at radius 2 is 1.61 bits per heavy atom. The van der Waals surface area contributed by atoms with Gasteiger partial charge in [-0.1, -0.05) is 54.6 Å². The highest BCUT2D eigenvalue weighted by atomic mass is 16.2. The summed E-state index contributed by atoms with van der Waals surface area (Å²) in [6.07, 6.45) is 3.87. The van der Waals surface area contributed by atoms with Crippen molar-refractivity contribution in [3.05, 3.63) is 108 Å². The van der Waals surface area contributed by atoms with Gasteiger partial charge in [0, 0.05) is 18.8 Å². The van der Waals surface area contributed by atoms with Crippen LogP contribution in [0.15, 0.2) is 85.1 Å². The number of aryl methyl sites for hydroxylation is 1. The maximum Gasteiger partial charge on any atom is 0.258 e. The Labute approximate surface area is 163 Å². The lowest BCUT2D eigenvalue weighted by molar-refractivity contribution is 0.0781. The zero-order valence-corrected chi connectivity index (χ0v) is 15.5. The molecule has 4 aromatic rings. The van der Waals surface area contributed by atoms with Crippen LogP contribution in [-0.4, -0.2) is 20.4 Å². The molecule has 0 saturated carbocycles. The molecule has 0 bridgehead atoms. The number of hydrogen-bond acceptors (Lipinski definition) is 2. The Morgan fingerprint density at radius 1 is 0.893 bits per heavy atom. The van der Waals surface area contributed by atoms with E-state index in [2.05, 4.69) is 22.8 Å². The molecular weight excluding hydrogens is 346 g/mol. The minimum absolute atomic E-state index is 0.0385. The van der Waals surface area contributed by atoms with Crippen LogP contribution in [0.5, 0.6) is 0 Å². The zero-order valence-electron chi connectivity index (χ0n) is 15.5. The van der Waals surface area contributed by atoms with Gasteiger partial charge in [-0.3, -0.25) is 4.79 Å². The topological polar surface area (TPSA) is 38.1 Å². The third kappa shape index (κ3) is 2.54. The number of hydrogen-bond donors (Lipinski definition) is 0. The fourth-order valence-corrected chi connectivity index (χ4v) is 3.90. The maximum absolute atomic E-state index is 13.4. The van der Waals surface area contributed by atoms with E-state index in [9.17, 15) is 4.79 Å². The van der Waals surface area contributed by atoms with E-state index < -0.39 is 0 Å². The van der Waals surface area contributed by atoms with Gasteiger partial charge >= 0.3 is 0 Å². The molecule has 1 amide bonds. The second-order valence-corrected chi connectivity index (χ2v) is 6.94. The zero-order chi connectivity index (χ0) is 19.1. The average molecular weight is 365 g/mol. The molecule has 1 aliphatic heterocycles. The lowest BCUT2D eigenvalue weighted by atomic mass is 9.94. The molecule has 0 saturated heterocycles. The normalized spacial score (nSPS) is 15.6. The Hall–Kier alpha value is -3.66. The molecule has 0 aliphatic carbocycles. The van der Waals surface area contributed by atoms with Crippen molar-refractivity contribution in [1.29, 1.82) is 0 Å². The van der Waals surface area contributed by atoms with Crippen molar-refractivity contribution < 1.29 is 4.79 Å². The monoisotopic (exact) mass is 365 g/mol. The Morgan fingerprint density at radius 3 is 2.43 bits per heavy atom. The van der Waals surface area contributed by atoms with Crippen LogP contribution < -0.4 is 0 Å². The summed E-state index contributed by atoms with van der Waals surface area (Å²) in [6.45, 7) is 0. The van der Waals surface area contributed by atoms with Crippen LogP contribution >= 0.6 is 0 Å². The molecule has 0 fully saturated rings. The van der Waals surface area contributed by atoms with Crippen LogP contribution in [0.3, 0.4) is 0 Å². The summed E-state index contributed by atoms with van der Waals surface area (Å²) in [6, 6.07) is 25.3. The molecule has 1 aromatic heterocycles. The number of benzene rings is 3. The highest BCUT2D eigenvalue weighted by Crippen LogP contribution is 2.37. The molecule has 2 heterocycles. The summed E-state index contributed by atoms with van der Waals surface area (Å²) < 4.78 is 2.08. The first-order chi connectivity index (χ1) is 13.7. The number of amides is 1. The van der Waals surface area contributed by atoms with E-state index in [4.69, 9.17) is 4.98 Å². The minimum Gasteiger partial charge on any atom is -0.329 e. The maximum atomic E-state index is 13.4. The van der Waals surface area contributed by atoms with Crippen LogP contribution in [0.4, 0.5) is 0 Å². The third-order valence-electron chi connectivity index (χ3n) is 5.31. The number of aromatic nitrogens is 2. The molecule has 5 rings (SSSR count). The van der Waals surface area contributed by atoms with Crippen molar-refractivity contribution in [2.24, 2.45) is 7.05 Å². The van der Waals surface area contributed by atoms with Crippen molar-refractivity contribution in [1.82, 2.24) is 14.5 Å². The second-order valence-electron chi connectivity index (χ2n) is 6.94. The van der Waals surface area contributed by atoms with E-state index >= 15 is 0 Å². The standard InChI is InChI=1S/C24H19N3O/c1-26-21-14-8-7-13-20(21)25-23(26)22-19-12-6-5-9-17(19)15-16-27(22)24(28)18-10-3-2-4-11-18/h2-16,22H,1H3. The highest BCUT2D eigenvalue weighted by Gasteiger charge is 2.33. The fraction of sp³-hybridized carbons (Fsp3) is 0.0833. The fourth-order valence-electron chi connectivity index (χ4n) is 3.90. The molecular formula is C24H19N3O. The summed E-state index contributed by atoms with van der Waals surface area (Å²) in [5.41, 5.74) is 4.83. The lowest BCUT2D eigenvalue weighted by Gasteiger charge is -2.33. The number of nitrogens with zero attached hydrogens (tertiary/aromatic N) is 3. The number of carbonyl (C=O) groups is 1. The first-order valence-corrected chi connectivity index (χ1v) is 9.30. The van der Waals surface area contributed by atoms with Crippen LogP contribution in [0, 0.1) is 0 Å². The van der Waals surface area contributed by atoms with E-state index in [1.807, 2.05) is 80.0 Å². The van der Waals surface area contributed by atoms with Gasteiger partial charge in [0.25, 0.3) is 5.91 Å². The van der Waals surface area contributed by atoms with Crippen molar-refractivity contribution in [3.8, 4) is 0 Å². The predicted molar refractivity (Wildman–Crippen MR) is 111 cm³/mol. The van der Waals surface area contributed by atoms with Gasteiger partial charge in [-0.25, -0.2) is 4.98 Å². The van der Waals surface area contributed by atoms with Crippen molar-refractivity contribution in [3.63, 3.8) is 0 Å². The summed E-state index contributed by atoms with van der Waals surface area (Å²) >= 11 is 0. The first kappa shape index (κ1) is 16.5. The molecule has 0 N–H and O–H groups in total. The number of rotatable bonds is 2. The Balaban J connectivity index is 1.71. The second kappa shape index (κ2) is 6.50.